The number of nitrogens with one attached hydrogen (secondary N) is 1. The normalized spacial score (nSPS) is 12.7. The van der Waals surface area contributed by atoms with Crippen molar-refractivity contribution in [3.8, 4) is 0 Å². The van der Waals surface area contributed by atoms with Crippen molar-refractivity contribution in [3.05, 3.63) is 45.4 Å². The highest BCUT2D eigenvalue weighted by molar-refractivity contribution is 7.11. The summed E-state index contributed by atoms with van der Waals surface area (Å²) < 4.78 is 1.90. The summed E-state index contributed by atoms with van der Waals surface area (Å²) in [6.07, 6.45) is 3.28. The molecular weight excluding hydrogens is 298 g/mol. The molecule has 0 radical (unpaired) electrons. The first kappa shape index (κ1) is 16.5. The van der Waals surface area contributed by atoms with Gasteiger partial charge in [0.2, 0.25) is 5.91 Å². The molecule has 0 saturated carbocycles. The number of carbonyl (C=O) groups excluding carboxylic acids is 1. The van der Waals surface area contributed by atoms with E-state index < -0.39 is 0 Å². The zero-order valence-corrected chi connectivity index (χ0v) is 13.9. The minimum Gasteiger partial charge on any atom is -0.392 e. The predicted molar refractivity (Wildman–Crippen MR) is 88.6 cm³/mol. The Morgan fingerprint density at radius 3 is 2.86 bits per heavy atom. The van der Waals surface area contributed by atoms with Crippen LogP contribution in [0.3, 0.4) is 0 Å². The topological polar surface area (TPSA) is 67.2 Å². The Morgan fingerprint density at radius 1 is 1.50 bits per heavy atom. The van der Waals surface area contributed by atoms with E-state index in [2.05, 4.69) is 10.4 Å². The van der Waals surface area contributed by atoms with E-state index in [1.165, 1.54) is 17.4 Å². The van der Waals surface area contributed by atoms with Gasteiger partial charge in [0.25, 0.3) is 0 Å². The van der Waals surface area contributed by atoms with E-state index in [9.17, 15) is 4.79 Å². The average molecular weight is 319 g/mol. The van der Waals surface area contributed by atoms with Gasteiger partial charge in [0.05, 0.1) is 18.8 Å². The molecule has 0 saturated heterocycles. The smallest absolute Gasteiger partial charge is 0.244 e. The summed E-state index contributed by atoms with van der Waals surface area (Å²) in [5, 5.41) is 18.2. The van der Waals surface area contributed by atoms with E-state index in [4.69, 9.17) is 5.11 Å². The van der Waals surface area contributed by atoms with Crippen LogP contribution in [0.2, 0.25) is 0 Å². The van der Waals surface area contributed by atoms with Crippen molar-refractivity contribution in [1.82, 2.24) is 15.1 Å². The maximum Gasteiger partial charge on any atom is 0.244 e. The molecule has 2 heterocycles. The number of aryl methyl sites for hydroxylation is 2. The monoisotopic (exact) mass is 319 g/mol. The van der Waals surface area contributed by atoms with E-state index in [1.807, 2.05) is 43.0 Å². The molecule has 0 bridgehead atoms. The van der Waals surface area contributed by atoms with Gasteiger partial charge in [-0.25, -0.2) is 0 Å². The molecule has 0 fully saturated rings. The summed E-state index contributed by atoms with van der Waals surface area (Å²) >= 11 is 1.50. The zero-order valence-electron chi connectivity index (χ0n) is 13.0. The van der Waals surface area contributed by atoms with E-state index >= 15 is 0 Å². The first-order valence-corrected chi connectivity index (χ1v) is 8.04. The van der Waals surface area contributed by atoms with E-state index in [0.717, 1.165) is 21.8 Å². The number of aliphatic hydroxyl groups is 1. The number of thiophene rings is 1. The van der Waals surface area contributed by atoms with Crippen LogP contribution < -0.4 is 5.32 Å². The maximum absolute atomic E-state index is 11.9. The van der Waals surface area contributed by atoms with Gasteiger partial charge in [-0.1, -0.05) is 0 Å². The van der Waals surface area contributed by atoms with Gasteiger partial charge in [-0.05, 0) is 49.9 Å². The summed E-state index contributed by atoms with van der Waals surface area (Å²) in [7, 11) is 0. The molecule has 1 amide bonds. The molecule has 2 aromatic rings. The molecule has 5 nitrogen and oxygen atoms in total. The Hall–Kier alpha value is -1.92. The number of hydrogen-bond donors (Lipinski definition) is 2. The minimum atomic E-state index is -0.132. The van der Waals surface area contributed by atoms with Crippen molar-refractivity contribution in [2.24, 2.45) is 0 Å². The van der Waals surface area contributed by atoms with Crippen LogP contribution in [0.25, 0.3) is 6.08 Å². The van der Waals surface area contributed by atoms with Crippen LogP contribution in [0.4, 0.5) is 0 Å². The van der Waals surface area contributed by atoms with Gasteiger partial charge in [0, 0.05) is 22.7 Å². The van der Waals surface area contributed by atoms with Crippen molar-refractivity contribution < 1.29 is 9.90 Å². The Morgan fingerprint density at radius 2 is 2.27 bits per heavy atom. The van der Waals surface area contributed by atoms with Gasteiger partial charge in [0.1, 0.15) is 0 Å². The fourth-order valence-corrected chi connectivity index (χ4v) is 2.97. The Bertz CT molecular complexity index is 673. The largest absolute Gasteiger partial charge is 0.392 e. The van der Waals surface area contributed by atoms with Crippen molar-refractivity contribution >= 4 is 23.3 Å². The summed E-state index contributed by atoms with van der Waals surface area (Å²) in [5.41, 5.74) is 2.93. The fourth-order valence-electron chi connectivity index (χ4n) is 2.18. The van der Waals surface area contributed by atoms with Gasteiger partial charge in [0.15, 0.2) is 0 Å². The Balaban J connectivity index is 1.87. The number of amides is 1. The van der Waals surface area contributed by atoms with Gasteiger partial charge in [-0.15, -0.1) is 11.3 Å². The van der Waals surface area contributed by atoms with Crippen LogP contribution in [-0.4, -0.2) is 26.8 Å². The molecule has 2 N–H and O–H groups in total. The highest BCUT2D eigenvalue weighted by atomic mass is 32.1. The Labute approximate surface area is 134 Å². The molecule has 2 rings (SSSR count). The van der Waals surface area contributed by atoms with Crippen LogP contribution in [0.1, 0.15) is 28.8 Å². The van der Waals surface area contributed by atoms with Crippen LogP contribution in [0.5, 0.6) is 0 Å². The first-order chi connectivity index (χ1) is 10.5. The van der Waals surface area contributed by atoms with Gasteiger partial charge >= 0.3 is 0 Å². The number of hydrogen-bond acceptors (Lipinski definition) is 4. The molecule has 0 aliphatic heterocycles. The minimum absolute atomic E-state index is 0.00788. The van der Waals surface area contributed by atoms with Crippen LogP contribution in [-0.2, 0) is 17.9 Å². The van der Waals surface area contributed by atoms with E-state index in [0.29, 0.717) is 6.54 Å². The molecule has 22 heavy (non-hydrogen) atoms. The van der Waals surface area contributed by atoms with Crippen LogP contribution >= 0.6 is 11.3 Å². The molecule has 1 atom stereocenters. The molecule has 1 unspecified atom stereocenters. The third-order valence-corrected chi connectivity index (χ3v) is 4.14. The average Bonchev–Trinajstić information content (AvgIpc) is 3.03. The molecule has 118 valence electrons. The zero-order chi connectivity index (χ0) is 16.1. The third kappa shape index (κ3) is 4.54. The second kappa shape index (κ2) is 7.38. The lowest BCUT2D eigenvalue weighted by molar-refractivity contribution is -0.117. The lowest BCUT2D eigenvalue weighted by Crippen LogP contribution is -2.35. The molecule has 2 aromatic heterocycles. The number of aromatic nitrogens is 2. The SMILES string of the molecule is Cc1cc(C)n(CC(C)NC(=O)/C=C/c2cc(CO)cs2)n1. The highest BCUT2D eigenvalue weighted by Gasteiger charge is 2.08. The summed E-state index contributed by atoms with van der Waals surface area (Å²) in [6.45, 7) is 6.58. The fraction of sp³-hybridized carbons (Fsp3) is 0.375. The second-order valence-electron chi connectivity index (χ2n) is 5.37. The Kier molecular flexibility index (Phi) is 5.51. The predicted octanol–water partition coefficient (Wildman–Crippen LogP) is 2.27. The van der Waals surface area contributed by atoms with Gasteiger partial charge in [-0.2, -0.15) is 5.10 Å². The molecule has 6 heteroatoms. The van der Waals surface area contributed by atoms with Gasteiger partial charge < -0.3 is 10.4 Å². The van der Waals surface area contributed by atoms with Crippen molar-refractivity contribution in [1.29, 1.82) is 0 Å². The summed E-state index contributed by atoms with van der Waals surface area (Å²) in [5.74, 6) is -0.132. The number of nitrogens with zero attached hydrogens (tertiary/aromatic N) is 2. The number of carbonyl (C=O) groups is 1. The van der Waals surface area contributed by atoms with Crippen molar-refractivity contribution in [3.63, 3.8) is 0 Å². The van der Waals surface area contributed by atoms with E-state index in [1.54, 1.807) is 6.08 Å². The quantitative estimate of drug-likeness (QED) is 0.803. The third-order valence-electron chi connectivity index (χ3n) is 3.19. The second-order valence-corrected chi connectivity index (χ2v) is 6.31. The molecule has 0 spiro atoms. The number of aliphatic hydroxyl groups excluding tert-OH is 1. The van der Waals surface area contributed by atoms with E-state index in [-0.39, 0.29) is 18.6 Å². The van der Waals surface area contributed by atoms with Crippen LogP contribution in [0.15, 0.2) is 23.6 Å². The van der Waals surface area contributed by atoms with Crippen molar-refractivity contribution in [2.75, 3.05) is 0 Å². The van der Waals surface area contributed by atoms with Crippen molar-refractivity contribution in [2.45, 2.75) is 40.0 Å². The highest BCUT2D eigenvalue weighted by Crippen LogP contribution is 2.16. The molecule has 0 aliphatic carbocycles. The first-order valence-electron chi connectivity index (χ1n) is 7.16. The standard InChI is InChI=1S/C16H21N3O2S/c1-11-6-13(3)19(18-11)8-12(2)17-16(21)5-4-15-7-14(9-20)10-22-15/h4-7,10,12,20H,8-9H2,1-3H3,(H,17,21)/b5-4+. The lowest BCUT2D eigenvalue weighted by Gasteiger charge is -2.13. The lowest BCUT2D eigenvalue weighted by atomic mass is 10.3. The molecule has 0 aliphatic rings. The summed E-state index contributed by atoms with van der Waals surface area (Å²) in [6, 6.07) is 3.88. The maximum atomic E-state index is 11.9. The van der Waals surface area contributed by atoms with Gasteiger partial charge in [-0.3, -0.25) is 9.48 Å². The molecular formula is C16H21N3O2S. The van der Waals surface area contributed by atoms with Crippen LogP contribution in [0, 0.1) is 13.8 Å². The molecule has 0 aromatic carbocycles. The number of rotatable bonds is 6. The summed E-state index contributed by atoms with van der Waals surface area (Å²) in [4.78, 5) is 12.9.